The van der Waals surface area contributed by atoms with E-state index in [1.165, 1.54) is 5.56 Å². The second-order valence-corrected chi connectivity index (χ2v) is 6.88. The molecule has 3 rings (SSSR count). The Hall–Kier alpha value is -2.27. The van der Waals surface area contributed by atoms with Crippen LogP contribution in [0.15, 0.2) is 53.7 Å². The van der Waals surface area contributed by atoms with E-state index in [1.807, 2.05) is 19.2 Å². The molecule has 2 heterocycles. The van der Waals surface area contributed by atoms with Crippen LogP contribution in [-0.2, 0) is 6.42 Å². The number of anilines is 1. The van der Waals surface area contributed by atoms with Crippen molar-refractivity contribution in [1.29, 1.82) is 0 Å². The van der Waals surface area contributed by atoms with E-state index in [0.717, 1.165) is 50.7 Å². The first-order chi connectivity index (χ1) is 12.8. The third kappa shape index (κ3) is 5.11. The Morgan fingerprint density at radius 3 is 2.88 bits per heavy atom. The van der Waals surface area contributed by atoms with Crippen molar-refractivity contribution in [2.75, 3.05) is 31.6 Å². The number of halogens is 1. The molecule has 1 atom stereocenters. The summed E-state index contributed by atoms with van der Waals surface area (Å²) in [7, 11) is 1.81. The fourth-order valence-corrected chi connectivity index (χ4v) is 3.45. The standard InChI is InChI=1S/C20H26ClN5/c1-22-20(24-13-5-9-16-7-3-2-4-8-16)25-17-11-14-26(15-17)19-18(21)10-6-12-23-19/h2-4,6-8,10,12,17H,5,9,11,13-15H2,1H3,(H2,22,24,25). The minimum Gasteiger partial charge on any atom is -0.356 e. The fourth-order valence-electron chi connectivity index (χ4n) is 3.21. The SMILES string of the molecule is CN=C(NCCCc1ccccc1)NC1CCN(c2ncccc2Cl)C1. The molecule has 0 spiro atoms. The first-order valence-corrected chi connectivity index (χ1v) is 9.50. The largest absolute Gasteiger partial charge is 0.356 e. The number of aromatic nitrogens is 1. The van der Waals surface area contributed by atoms with Crippen molar-refractivity contribution in [2.45, 2.75) is 25.3 Å². The minimum atomic E-state index is 0.341. The van der Waals surface area contributed by atoms with Crippen molar-refractivity contribution in [1.82, 2.24) is 15.6 Å². The van der Waals surface area contributed by atoms with Crippen LogP contribution in [0.2, 0.25) is 5.02 Å². The first kappa shape index (κ1) is 18.5. The quantitative estimate of drug-likeness (QED) is 0.465. The molecule has 0 amide bonds. The van der Waals surface area contributed by atoms with Gasteiger partial charge in [-0.15, -0.1) is 0 Å². The zero-order valence-electron chi connectivity index (χ0n) is 15.2. The zero-order valence-corrected chi connectivity index (χ0v) is 15.9. The average Bonchev–Trinajstić information content (AvgIpc) is 3.13. The Balaban J connectivity index is 1.42. The van der Waals surface area contributed by atoms with Gasteiger partial charge in [0.05, 0.1) is 5.02 Å². The maximum absolute atomic E-state index is 6.26. The van der Waals surface area contributed by atoms with Crippen molar-refractivity contribution in [3.63, 3.8) is 0 Å². The van der Waals surface area contributed by atoms with Crippen LogP contribution in [0.4, 0.5) is 5.82 Å². The highest BCUT2D eigenvalue weighted by atomic mass is 35.5. The average molecular weight is 372 g/mol. The van der Waals surface area contributed by atoms with Crippen LogP contribution in [0.3, 0.4) is 0 Å². The molecule has 1 unspecified atom stereocenters. The van der Waals surface area contributed by atoms with Gasteiger partial charge in [-0.1, -0.05) is 41.9 Å². The van der Waals surface area contributed by atoms with Crippen molar-refractivity contribution in [3.8, 4) is 0 Å². The highest BCUT2D eigenvalue weighted by Gasteiger charge is 2.25. The number of guanidine groups is 1. The van der Waals surface area contributed by atoms with Gasteiger partial charge in [0.15, 0.2) is 5.96 Å². The summed E-state index contributed by atoms with van der Waals surface area (Å²) in [5.74, 6) is 1.72. The van der Waals surface area contributed by atoms with E-state index in [-0.39, 0.29) is 0 Å². The van der Waals surface area contributed by atoms with Gasteiger partial charge < -0.3 is 15.5 Å². The van der Waals surface area contributed by atoms with Gasteiger partial charge in [-0.05, 0) is 37.0 Å². The number of aliphatic imine (C=N–C) groups is 1. The summed E-state index contributed by atoms with van der Waals surface area (Å²) in [6.07, 6.45) is 4.97. The maximum Gasteiger partial charge on any atom is 0.191 e. The normalized spacial score (nSPS) is 17.4. The van der Waals surface area contributed by atoms with Gasteiger partial charge in [0.2, 0.25) is 0 Å². The highest BCUT2D eigenvalue weighted by molar-refractivity contribution is 6.32. The lowest BCUT2D eigenvalue weighted by atomic mass is 10.1. The molecule has 138 valence electrons. The highest BCUT2D eigenvalue weighted by Crippen LogP contribution is 2.25. The number of hydrogen-bond donors (Lipinski definition) is 2. The molecule has 26 heavy (non-hydrogen) atoms. The van der Waals surface area contributed by atoms with Gasteiger partial charge in [0.1, 0.15) is 5.82 Å². The van der Waals surface area contributed by atoms with Crippen molar-refractivity contribution in [2.24, 2.45) is 4.99 Å². The molecular formula is C20H26ClN5. The third-order valence-corrected chi connectivity index (χ3v) is 4.86. The van der Waals surface area contributed by atoms with Gasteiger partial charge in [0, 0.05) is 38.9 Å². The molecule has 1 aliphatic heterocycles. The van der Waals surface area contributed by atoms with E-state index in [1.54, 1.807) is 6.20 Å². The third-order valence-electron chi connectivity index (χ3n) is 4.57. The molecular weight excluding hydrogens is 346 g/mol. The molecule has 1 aromatic carbocycles. The minimum absolute atomic E-state index is 0.341. The van der Waals surface area contributed by atoms with Crippen molar-refractivity contribution in [3.05, 3.63) is 59.2 Å². The molecule has 1 aliphatic rings. The molecule has 1 fully saturated rings. The summed E-state index contributed by atoms with van der Waals surface area (Å²) in [5.41, 5.74) is 1.37. The summed E-state index contributed by atoms with van der Waals surface area (Å²) in [6, 6.07) is 14.7. The van der Waals surface area contributed by atoms with Crippen molar-refractivity contribution >= 4 is 23.4 Å². The van der Waals surface area contributed by atoms with Gasteiger partial charge in [0.25, 0.3) is 0 Å². The summed E-state index contributed by atoms with van der Waals surface area (Å²) < 4.78 is 0. The van der Waals surface area contributed by atoms with Crippen LogP contribution in [0.5, 0.6) is 0 Å². The molecule has 0 aliphatic carbocycles. The maximum atomic E-state index is 6.26. The number of hydrogen-bond acceptors (Lipinski definition) is 3. The van der Waals surface area contributed by atoms with Gasteiger partial charge in [-0.25, -0.2) is 4.98 Å². The first-order valence-electron chi connectivity index (χ1n) is 9.13. The van der Waals surface area contributed by atoms with Crippen LogP contribution in [0.1, 0.15) is 18.4 Å². The van der Waals surface area contributed by atoms with Crippen molar-refractivity contribution < 1.29 is 0 Å². The van der Waals surface area contributed by atoms with Crippen LogP contribution in [-0.4, -0.2) is 43.7 Å². The number of rotatable bonds is 6. The van der Waals surface area contributed by atoms with E-state index >= 15 is 0 Å². The number of aryl methyl sites for hydroxylation is 1. The molecule has 2 N–H and O–H groups in total. The summed E-state index contributed by atoms with van der Waals surface area (Å²) in [4.78, 5) is 11.0. The zero-order chi connectivity index (χ0) is 18.2. The number of nitrogens with zero attached hydrogens (tertiary/aromatic N) is 3. The van der Waals surface area contributed by atoms with Crippen LogP contribution >= 0.6 is 11.6 Å². The molecule has 5 nitrogen and oxygen atoms in total. The Bertz CT molecular complexity index is 719. The topological polar surface area (TPSA) is 52.6 Å². The summed E-state index contributed by atoms with van der Waals surface area (Å²) in [6.45, 7) is 2.72. The summed E-state index contributed by atoms with van der Waals surface area (Å²) in [5, 5.41) is 7.63. The second kappa shape index (κ2) is 9.43. The Kier molecular flexibility index (Phi) is 6.72. The van der Waals surface area contributed by atoms with E-state index in [2.05, 4.69) is 55.8 Å². The van der Waals surface area contributed by atoms with Crippen LogP contribution in [0, 0.1) is 0 Å². The lowest BCUT2D eigenvalue weighted by Crippen LogP contribution is -2.45. The molecule has 0 radical (unpaired) electrons. The molecule has 1 aromatic heterocycles. The van der Waals surface area contributed by atoms with E-state index in [4.69, 9.17) is 11.6 Å². The van der Waals surface area contributed by atoms with Gasteiger partial charge in [-0.3, -0.25) is 4.99 Å². The number of nitrogens with one attached hydrogen (secondary N) is 2. The second-order valence-electron chi connectivity index (χ2n) is 6.47. The number of pyridine rings is 1. The predicted molar refractivity (Wildman–Crippen MR) is 109 cm³/mol. The number of benzene rings is 1. The molecule has 0 saturated carbocycles. The van der Waals surface area contributed by atoms with Crippen LogP contribution < -0.4 is 15.5 Å². The van der Waals surface area contributed by atoms with E-state index < -0.39 is 0 Å². The Morgan fingerprint density at radius 1 is 1.27 bits per heavy atom. The Labute approximate surface area is 160 Å². The molecule has 2 aromatic rings. The fraction of sp³-hybridized carbons (Fsp3) is 0.400. The lowest BCUT2D eigenvalue weighted by molar-refractivity contribution is 0.642. The predicted octanol–water partition coefficient (Wildman–Crippen LogP) is 3.11. The van der Waals surface area contributed by atoms with E-state index in [9.17, 15) is 0 Å². The molecule has 6 heteroatoms. The van der Waals surface area contributed by atoms with Gasteiger partial charge in [-0.2, -0.15) is 0 Å². The molecule has 1 saturated heterocycles. The lowest BCUT2D eigenvalue weighted by Gasteiger charge is -2.20. The Morgan fingerprint density at radius 2 is 2.12 bits per heavy atom. The summed E-state index contributed by atoms with van der Waals surface area (Å²) >= 11 is 6.26. The smallest absolute Gasteiger partial charge is 0.191 e. The van der Waals surface area contributed by atoms with Crippen LogP contribution in [0.25, 0.3) is 0 Å². The van der Waals surface area contributed by atoms with Gasteiger partial charge >= 0.3 is 0 Å². The molecule has 0 bridgehead atoms. The monoisotopic (exact) mass is 371 g/mol. The van der Waals surface area contributed by atoms with E-state index in [0.29, 0.717) is 11.1 Å².